The lowest BCUT2D eigenvalue weighted by Crippen LogP contribution is -2.11. The van der Waals surface area contributed by atoms with Crippen LogP contribution in [0, 0.1) is 0 Å². The van der Waals surface area contributed by atoms with Crippen LogP contribution in [0.5, 0.6) is 0 Å². The Labute approximate surface area is 372 Å². The first-order valence-electron chi connectivity index (χ1n) is 21.9. The highest BCUT2D eigenvalue weighted by molar-refractivity contribution is 6.12. The minimum absolute atomic E-state index is 0.886. The molecule has 2 heteroatoms. The number of anilines is 3. The maximum Gasteiger partial charge on any atom is 0.135 e. The standard InChI is InChI=1S/C62H41NO/c1-2-16-42(17-3-1)49-22-6-8-25-54(49)55-26-9-7-23-51(55)44-32-36-47(37-33-44)63(60-30-12-10-24-53(60)46-35-39-62-59(41-46)58-27-11-13-31-61(58)64-62)48-20-14-19-45(40-48)52-28-15-29-56-50-21-5-4-18-43(50)34-38-57(52)56/h1-41H. The Balaban J connectivity index is 1.02. The smallest absolute Gasteiger partial charge is 0.135 e. The van der Waals surface area contributed by atoms with Crippen LogP contribution in [0.4, 0.5) is 17.1 Å². The van der Waals surface area contributed by atoms with Gasteiger partial charge in [-0.2, -0.15) is 0 Å². The van der Waals surface area contributed by atoms with Crippen molar-refractivity contribution in [2.24, 2.45) is 0 Å². The summed E-state index contributed by atoms with van der Waals surface area (Å²) in [4.78, 5) is 2.41. The second-order valence-corrected chi connectivity index (χ2v) is 16.4. The number of furan rings is 1. The summed E-state index contributed by atoms with van der Waals surface area (Å²) in [6, 6.07) is 89.8. The molecule has 0 radical (unpaired) electrons. The Kier molecular flexibility index (Phi) is 9.20. The number of hydrogen-bond acceptors (Lipinski definition) is 2. The number of fused-ring (bicyclic) bond motifs is 6. The van der Waals surface area contributed by atoms with Crippen LogP contribution in [0.3, 0.4) is 0 Å². The Morgan fingerprint density at radius 2 is 0.797 bits per heavy atom. The van der Waals surface area contributed by atoms with E-state index < -0.39 is 0 Å². The highest BCUT2D eigenvalue weighted by atomic mass is 16.3. The molecule has 0 aliphatic rings. The van der Waals surface area contributed by atoms with E-state index in [4.69, 9.17) is 4.42 Å². The Bertz CT molecular complexity index is 3670. The summed E-state index contributed by atoms with van der Waals surface area (Å²) in [5.41, 5.74) is 16.8. The Morgan fingerprint density at radius 3 is 1.59 bits per heavy atom. The molecule has 0 aliphatic carbocycles. The van der Waals surface area contributed by atoms with Gasteiger partial charge < -0.3 is 9.32 Å². The molecule has 1 heterocycles. The zero-order valence-corrected chi connectivity index (χ0v) is 35.0. The van der Waals surface area contributed by atoms with Crippen molar-refractivity contribution in [2.45, 2.75) is 0 Å². The molecule has 0 unspecified atom stereocenters. The largest absolute Gasteiger partial charge is 0.456 e. The summed E-state index contributed by atoms with van der Waals surface area (Å²) in [6.45, 7) is 0. The van der Waals surface area contributed by atoms with Crippen molar-refractivity contribution in [2.75, 3.05) is 4.90 Å². The molecule has 0 N–H and O–H groups in total. The van der Waals surface area contributed by atoms with Gasteiger partial charge in [-0.15, -0.1) is 0 Å². The zero-order valence-electron chi connectivity index (χ0n) is 35.0. The molecule has 0 fully saturated rings. The molecule has 12 rings (SSSR count). The van der Waals surface area contributed by atoms with Crippen molar-refractivity contribution >= 4 is 60.5 Å². The Hall–Kier alpha value is -8.46. The third-order valence-corrected chi connectivity index (χ3v) is 12.7. The summed E-state index contributed by atoms with van der Waals surface area (Å²) >= 11 is 0. The molecule has 1 aromatic heterocycles. The Morgan fingerprint density at radius 1 is 0.250 bits per heavy atom. The van der Waals surface area contributed by atoms with Gasteiger partial charge in [0.15, 0.2) is 0 Å². The quantitative estimate of drug-likeness (QED) is 0.142. The molecule has 0 amide bonds. The van der Waals surface area contributed by atoms with Gasteiger partial charge in [-0.25, -0.2) is 0 Å². The number of rotatable bonds is 8. The third kappa shape index (κ3) is 6.52. The van der Waals surface area contributed by atoms with Crippen LogP contribution in [0.15, 0.2) is 253 Å². The van der Waals surface area contributed by atoms with Gasteiger partial charge in [0.05, 0.1) is 5.69 Å². The number of nitrogens with zero attached hydrogens (tertiary/aromatic N) is 1. The number of benzene rings is 11. The predicted molar refractivity (Wildman–Crippen MR) is 271 cm³/mol. The van der Waals surface area contributed by atoms with E-state index in [-0.39, 0.29) is 0 Å². The van der Waals surface area contributed by atoms with Crippen molar-refractivity contribution in [3.05, 3.63) is 249 Å². The maximum absolute atomic E-state index is 6.27. The van der Waals surface area contributed by atoms with Crippen molar-refractivity contribution in [3.63, 3.8) is 0 Å². The highest BCUT2D eigenvalue weighted by Crippen LogP contribution is 2.45. The molecule has 0 saturated carbocycles. The van der Waals surface area contributed by atoms with Gasteiger partial charge in [-0.05, 0) is 120 Å². The normalized spacial score (nSPS) is 11.4. The second-order valence-electron chi connectivity index (χ2n) is 16.4. The summed E-state index contributed by atoms with van der Waals surface area (Å²) in [7, 11) is 0. The summed E-state index contributed by atoms with van der Waals surface area (Å²) in [6.07, 6.45) is 0. The van der Waals surface area contributed by atoms with Crippen LogP contribution >= 0.6 is 0 Å². The minimum Gasteiger partial charge on any atom is -0.456 e. The van der Waals surface area contributed by atoms with E-state index >= 15 is 0 Å². The fraction of sp³-hybridized carbons (Fsp3) is 0. The maximum atomic E-state index is 6.27. The van der Waals surface area contributed by atoms with Crippen LogP contribution in [-0.4, -0.2) is 0 Å². The van der Waals surface area contributed by atoms with Gasteiger partial charge in [-0.3, -0.25) is 0 Å². The number of hydrogen-bond donors (Lipinski definition) is 0. The SMILES string of the molecule is c1ccc(-c2ccccc2-c2ccccc2-c2ccc(N(c3cccc(-c4cccc5c4ccc4ccccc45)c3)c3ccccc3-c3ccc4oc5ccccc5c4c3)cc2)cc1. The van der Waals surface area contributed by atoms with E-state index in [1.165, 1.54) is 54.9 Å². The van der Waals surface area contributed by atoms with Gasteiger partial charge in [0.1, 0.15) is 11.2 Å². The van der Waals surface area contributed by atoms with E-state index in [0.717, 1.165) is 61.3 Å². The lowest BCUT2D eigenvalue weighted by Gasteiger charge is -2.28. The van der Waals surface area contributed by atoms with Crippen molar-refractivity contribution < 1.29 is 4.42 Å². The van der Waals surface area contributed by atoms with Gasteiger partial charge in [0, 0.05) is 27.7 Å². The van der Waals surface area contributed by atoms with E-state index in [0.29, 0.717) is 0 Å². The lowest BCUT2D eigenvalue weighted by molar-refractivity contribution is 0.669. The summed E-state index contributed by atoms with van der Waals surface area (Å²) in [5, 5.41) is 7.23. The average molecular weight is 816 g/mol. The van der Waals surface area contributed by atoms with Crippen LogP contribution < -0.4 is 4.90 Å². The molecule has 0 spiro atoms. The predicted octanol–water partition coefficient (Wildman–Crippen LogP) is 17.7. The third-order valence-electron chi connectivity index (χ3n) is 12.7. The molecule has 11 aromatic carbocycles. The van der Waals surface area contributed by atoms with Gasteiger partial charge >= 0.3 is 0 Å². The second kappa shape index (κ2) is 15.8. The van der Waals surface area contributed by atoms with Gasteiger partial charge in [0.2, 0.25) is 0 Å². The molecule has 0 saturated heterocycles. The molecule has 2 nitrogen and oxygen atoms in total. The van der Waals surface area contributed by atoms with Crippen LogP contribution in [0.2, 0.25) is 0 Å². The lowest BCUT2D eigenvalue weighted by atomic mass is 9.89. The number of para-hydroxylation sites is 2. The zero-order chi connectivity index (χ0) is 42.4. The molecule has 64 heavy (non-hydrogen) atoms. The van der Waals surface area contributed by atoms with Crippen molar-refractivity contribution in [1.29, 1.82) is 0 Å². The van der Waals surface area contributed by atoms with E-state index in [1.807, 2.05) is 12.1 Å². The summed E-state index contributed by atoms with van der Waals surface area (Å²) in [5.74, 6) is 0. The minimum atomic E-state index is 0.886. The first kappa shape index (κ1) is 37.3. The molecule has 0 atom stereocenters. The van der Waals surface area contributed by atoms with E-state index in [2.05, 4.69) is 241 Å². The van der Waals surface area contributed by atoms with Crippen LogP contribution in [0.25, 0.3) is 99.1 Å². The van der Waals surface area contributed by atoms with E-state index in [9.17, 15) is 0 Å². The monoisotopic (exact) mass is 815 g/mol. The van der Waals surface area contributed by atoms with E-state index in [1.54, 1.807) is 0 Å². The molecule has 0 bridgehead atoms. The van der Waals surface area contributed by atoms with Crippen LogP contribution in [0.1, 0.15) is 0 Å². The molecule has 0 aliphatic heterocycles. The fourth-order valence-electron chi connectivity index (χ4n) is 9.69. The molecular formula is C62H41NO. The average Bonchev–Trinajstić information content (AvgIpc) is 3.75. The van der Waals surface area contributed by atoms with Crippen molar-refractivity contribution in [3.8, 4) is 55.6 Å². The first-order valence-corrected chi connectivity index (χ1v) is 21.9. The topological polar surface area (TPSA) is 16.4 Å². The molecule has 300 valence electrons. The first-order chi connectivity index (χ1) is 31.7. The highest BCUT2D eigenvalue weighted by Gasteiger charge is 2.20. The summed E-state index contributed by atoms with van der Waals surface area (Å²) < 4.78 is 6.27. The van der Waals surface area contributed by atoms with Gasteiger partial charge in [-0.1, -0.05) is 200 Å². The van der Waals surface area contributed by atoms with Crippen molar-refractivity contribution in [1.82, 2.24) is 0 Å². The molecule has 12 aromatic rings. The fourth-order valence-corrected chi connectivity index (χ4v) is 9.69. The van der Waals surface area contributed by atoms with Gasteiger partial charge in [0.25, 0.3) is 0 Å². The molecular weight excluding hydrogens is 775 g/mol. The van der Waals surface area contributed by atoms with Crippen LogP contribution in [-0.2, 0) is 0 Å².